The summed E-state index contributed by atoms with van der Waals surface area (Å²) in [6.45, 7) is 5.94. The second-order valence-electron chi connectivity index (χ2n) is 6.30. The molecule has 0 aliphatic carbocycles. The van der Waals surface area contributed by atoms with Gasteiger partial charge < -0.3 is 8.98 Å². The van der Waals surface area contributed by atoms with Crippen molar-refractivity contribution in [2.75, 3.05) is 13.6 Å². The number of aromatic nitrogens is 5. The number of aryl methyl sites for hydroxylation is 3. The zero-order valence-electron chi connectivity index (χ0n) is 15.1. The Balaban J connectivity index is 1.47. The molecule has 3 aromatic heterocycles. The topological polar surface area (TPSA) is 75.8 Å². The van der Waals surface area contributed by atoms with Crippen LogP contribution in [0.5, 0.6) is 0 Å². The fraction of sp³-hybridized carbons (Fsp3) is 0.471. The predicted octanol–water partition coefficient (Wildman–Crippen LogP) is 2.96. The van der Waals surface area contributed by atoms with Gasteiger partial charge in [0.25, 0.3) is 0 Å². The average molecular weight is 360 g/mol. The SMILES string of the molecule is Cc1n[nH]c(C)c1CCCN(C)Cc1ccc(Sc2nncn2C)o1. The van der Waals surface area contributed by atoms with Gasteiger partial charge in [-0.3, -0.25) is 10.00 Å². The van der Waals surface area contributed by atoms with Crippen LogP contribution in [0.15, 0.2) is 33.1 Å². The molecule has 0 aliphatic heterocycles. The quantitative estimate of drug-likeness (QED) is 0.666. The van der Waals surface area contributed by atoms with E-state index >= 15 is 0 Å². The molecule has 3 rings (SSSR count). The molecule has 0 atom stereocenters. The first kappa shape index (κ1) is 17.8. The number of H-pyrrole nitrogens is 1. The summed E-state index contributed by atoms with van der Waals surface area (Å²) in [5.41, 5.74) is 3.63. The minimum absolute atomic E-state index is 0.794. The van der Waals surface area contributed by atoms with Crippen LogP contribution in [0.2, 0.25) is 0 Å². The van der Waals surface area contributed by atoms with Crippen LogP contribution in [-0.4, -0.2) is 43.5 Å². The maximum Gasteiger partial charge on any atom is 0.198 e. The Morgan fingerprint density at radius 1 is 1.32 bits per heavy atom. The number of rotatable bonds is 8. The summed E-state index contributed by atoms with van der Waals surface area (Å²) in [7, 11) is 4.04. The lowest BCUT2D eigenvalue weighted by Crippen LogP contribution is -2.19. The van der Waals surface area contributed by atoms with E-state index in [1.807, 2.05) is 23.7 Å². The molecule has 25 heavy (non-hydrogen) atoms. The second kappa shape index (κ2) is 7.88. The first-order chi connectivity index (χ1) is 12.0. The molecule has 3 heterocycles. The van der Waals surface area contributed by atoms with Crippen LogP contribution in [0.1, 0.15) is 29.1 Å². The van der Waals surface area contributed by atoms with Gasteiger partial charge in [-0.05, 0) is 69.7 Å². The van der Waals surface area contributed by atoms with E-state index in [4.69, 9.17) is 4.42 Å². The van der Waals surface area contributed by atoms with Crippen molar-refractivity contribution in [1.29, 1.82) is 0 Å². The normalized spacial score (nSPS) is 11.6. The van der Waals surface area contributed by atoms with Gasteiger partial charge >= 0.3 is 0 Å². The highest BCUT2D eigenvalue weighted by molar-refractivity contribution is 7.99. The maximum absolute atomic E-state index is 5.90. The Kier molecular flexibility index (Phi) is 5.60. The third-order valence-electron chi connectivity index (χ3n) is 4.17. The molecule has 0 radical (unpaired) electrons. The lowest BCUT2D eigenvalue weighted by Gasteiger charge is -2.14. The van der Waals surface area contributed by atoms with Gasteiger partial charge in [-0.2, -0.15) is 5.10 Å². The molecule has 7 nitrogen and oxygen atoms in total. The Labute approximate surface area is 151 Å². The zero-order valence-corrected chi connectivity index (χ0v) is 15.9. The summed E-state index contributed by atoms with van der Waals surface area (Å²) in [4.78, 5) is 2.28. The third kappa shape index (κ3) is 4.52. The smallest absolute Gasteiger partial charge is 0.198 e. The highest BCUT2D eigenvalue weighted by atomic mass is 32.2. The molecule has 0 unspecified atom stereocenters. The summed E-state index contributed by atoms with van der Waals surface area (Å²) in [5, 5.41) is 16.9. The molecule has 0 spiro atoms. The molecule has 1 N–H and O–H groups in total. The van der Waals surface area contributed by atoms with E-state index in [-0.39, 0.29) is 0 Å². The number of furan rings is 1. The predicted molar refractivity (Wildman–Crippen MR) is 96.6 cm³/mol. The number of nitrogens with one attached hydrogen (secondary N) is 1. The van der Waals surface area contributed by atoms with Crippen LogP contribution in [0.3, 0.4) is 0 Å². The number of aromatic amines is 1. The molecule has 0 aliphatic rings. The number of hydrogen-bond acceptors (Lipinski definition) is 6. The molecular weight excluding hydrogens is 336 g/mol. The minimum atomic E-state index is 0.794. The monoisotopic (exact) mass is 360 g/mol. The average Bonchev–Trinajstić information content (AvgIpc) is 3.26. The van der Waals surface area contributed by atoms with Gasteiger partial charge in [0, 0.05) is 12.7 Å². The Morgan fingerprint density at radius 2 is 2.16 bits per heavy atom. The fourth-order valence-corrected chi connectivity index (χ4v) is 3.51. The molecule has 3 aromatic rings. The van der Waals surface area contributed by atoms with Gasteiger partial charge in [-0.1, -0.05) is 0 Å². The highest BCUT2D eigenvalue weighted by Crippen LogP contribution is 2.27. The van der Waals surface area contributed by atoms with Crippen LogP contribution in [0.4, 0.5) is 0 Å². The molecular formula is C17H24N6OS. The van der Waals surface area contributed by atoms with Gasteiger partial charge in [-0.25, -0.2) is 0 Å². The summed E-state index contributed by atoms with van der Waals surface area (Å²) >= 11 is 1.48. The van der Waals surface area contributed by atoms with E-state index in [1.54, 1.807) is 6.33 Å². The minimum Gasteiger partial charge on any atom is -0.453 e. The van der Waals surface area contributed by atoms with E-state index < -0.39 is 0 Å². The van der Waals surface area contributed by atoms with E-state index in [0.29, 0.717) is 0 Å². The molecule has 8 heteroatoms. The van der Waals surface area contributed by atoms with E-state index in [9.17, 15) is 0 Å². The first-order valence-corrected chi connectivity index (χ1v) is 9.14. The van der Waals surface area contributed by atoms with Crippen molar-refractivity contribution in [2.24, 2.45) is 7.05 Å². The van der Waals surface area contributed by atoms with Gasteiger partial charge in [-0.15, -0.1) is 10.2 Å². The van der Waals surface area contributed by atoms with Crippen molar-refractivity contribution in [1.82, 2.24) is 29.9 Å². The first-order valence-electron chi connectivity index (χ1n) is 8.32. The van der Waals surface area contributed by atoms with E-state index in [2.05, 4.69) is 46.2 Å². The van der Waals surface area contributed by atoms with Crippen molar-refractivity contribution in [3.05, 3.63) is 41.2 Å². The van der Waals surface area contributed by atoms with Crippen LogP contribution < -0.4 is 0 Å². The number of hydrogen-bond donors (Lipinski definition) is 1. The van der Waals surface area contributed by atoms with Crippen molar-refractivity contribution >= 4 is 11.8 Å². The van der Waals surface area contributed by atoms with Gasteiger partial charge in [0.05, 0.1) is 12.2 Å². The summed E-state index contributed by atoms with van der Waals surface area (Å²) in [6, 6.07) is 4.01. The van der Waals surface area contributed by atoms with Gasteiger partial charge in [0.15, 0.2) is 10.2 Å². The van der Waals surface area contributed by atoms with Crippen molar-refractivity contribution in [2.45, 2.75) is 43.5 Å². The Hall–Kier alpha value is -2.06. The van der Waals surface area contributed by atoms with Crippen LogP contribution in [0.25, 0.3) is 0 Å². The molecule has 0 saturated heterocycles. The van der Waals surface area contributed by atoms with Crippen LogP contribution in [0, 0.1) is 13.8 Å². The highest BCUT2D eigenvalue weighted by Gasteiger charge is 2.11. The lowest BCUT2D eigenvalue weighted by molar-refractivity contribution is 0.280. The van der Waals surface area contributed by atoms with Crippen molar-refractivity contribution < 1.29 is 4.42 Å². The Bertz CT molecular complexity index is 801. The molecule has 0 aromatic carbocycles. The molecule has 0 saturated carbocycles. The zero-order chi connectivity index (χ0) is 17.8. The lowest BCUT2D eigenvalue weighted by atomic mass is 10.1. The van der Waals surface area contributed by atoms with Crippen LogP contribution in [-0.2, 0) is 20.0 Å². The molecule has 0 fully saturated rings. The fourth-order valence-electron chi connectivity index (χ4n) is 2.77. The largest absolute Gasteiger partial charge is 0.453 e. The molecule has 0 bridgehead atoms. The molecule has 0 amide bonds. The maximum atomic E-state index is 5.90. The number of nitrogens with zero attached hydrogens (tertiary/aromatic N) is 5. The standard InChI is InChI=1S/C17H24N6OS/c1-12-15(13(2)20-19-12)6-5-9-22(3)10-14-7-8-16(24-14)25-17-21-18-11-23(17)4/h7-8,11H,5-6,9-10H2,1-4H3,(H,19,20). The molecule has 134 valence electrons. The summed E-state index contributed by atoms with van der Waals surface area (Å²) < 4.78 is 7.77. The van der Waals surface area contributed by atoms with Gasteiger partial charge in [0.1, 0.15) is 12.1 Å². The van der Waals surface area contributed by atoms with E-state index in [1.165, 1.54) is 23.0 Å². The second-order valence-corrected chi connectivity index (χ2v) is 7.27. The van der Waals surface area contributed by atoms with Gasteiger partial charge in [0.2, 0.25) is 0 Å². The van der Waals surface area contributed by atoms with E-state index in [0.717, 1.165) is 47.6 Å². The third-order valence-corrected chi connectivity index (χ3v) is 5.14. The van der Waals surface area contributed by atoms with Crippen molar-refractivity contribution in [3.63, 3.8) is 0 Å². The summed E-state index contributed by atoms with van der Waals surface area (Å²) in [5.74, 6) is 0.961. The van der Waals surface area contributed by atoms with Crippen LogP contribution >= 0.6 is 11.8 Å². The Morgan fingerprint density at radius 3 is 2.84 bits per heavy atom. The summed E-state index contributed by atoms with van der Waals surface area (Å²) in [6.07, 6.45) is 3.83. The van der Waals surface area contributed by atoms with Crippen molar-refractivity contribution in [3.8, 4) is 0 Å².